The number of benzene rings is 1. The Kier molecular flexibility index (Phi) is 6.97. The summed E-state index contributed by atoms with van der Waals surface area (Å²) in [7, 11) is -3.59. The summed E-state index contributed by atoms with van der Waals surface area (Å²) < 4.78 is 26.7. The average Bonchev–Trinajstić information content (AvgIpc) is 2.66. The van der Waals surface area contributed by atoms with Gasteiger partial charge in [0.05, 0.1) is 17.1 Å². The molecule has 1 aliphatic rings. The molecule has 9 heteroatoms. The Morgan fingerprint density at radius 1 is 1.28 bits per heavy atom. The summed E-state index contributed by atoms with van der Waals surface area (Å²) in [4.78, 5) is 23.0. The molecule has 1 aromatic carbocycles. The predicted molar refractivity (Wildman–Crippen MR) is 110 cm³/mol. The summed E-state index contributed by atoms with van der Waals surface area (Å²) in [6.45, 7) is 4.58. The second-order valence-corrected chi connectivity index (χ2v) is 9.90. The smallest absolute Gasteiger partial charge is 0.304 e. The second kappa shape index (κ2) is 8.87. The number of carbonyl (C=O) groups is 1. The molecule has 1 aliphatic carbocycles. The van der Waals surface area contributed by atoms with E-state index in [1.54, 1.807) is 19.1 Å². The number of nitro groups is 1. The minimum Gasteiger partial charge on any atom is -0.481 e. The van der Waals surface area contributed by atoms with E-state index < -0.39 is 50.0 Å². The minimum absolute atomic E-state index is 0.100. The van der Waals surface area contributed by atoms with Crippen molar-refractivity contribution in [1.29, 1.82) is 0 Å². The van der Waals surface area contributed by atoms with Gasteiger partial charge in [-0.1, -0.05) is 49.4 Å². The fourth-order valence-corrected chi connectivity index (χ4v) is 4.27. The molecular formula is C20H26N2O6S. The van der Waals surface area contributed by atoms with Gasteiger partial charge in [0, 0.05) is 11.5 Å². The lowest BCUT2D eigenvalue weighted by molar-refractivity contribution is -0.528. The fourth-order valence-electron chi connectivity index (χ4n) is 3.46. The van der Waals surface area contributed by atoms with E-state index in [4.69, 9.17) is 0 Å². The van der Waals surface area contributed by atoms with E-state index in [2.05, 4.69) is 4.72 Å². The largest absolute Gasteiger partial charge is 0.481 e. The Labute approximate surface area is 170 Å². The van der Waals surface area contributed by atoms with Gasteiger partial charge in [-0.05, 0) is 37.0 Å². The Morgan fingerprint density at radius 3 is 2.41 bits per heavy atom. The highest BCUT2D eigenvalue weighted by Crippen LogP contribution is 2.43. The van der Waals surface area contributed by atoms with Crippen molar-refractivity contribution in [2.75, 3.05) is 6.54 Å². The number of hydrogen-bond acceptors (Lipinski definition) is 5. The number of sulfonamides is 1. The predicted octanol–water partition coefficient (Wildman–Crippen LogP) is 2.71. The maximum Gasteiger partial charge on any atom is 0.304 e. The average molecular weight is 423 g/mol. The highest BCUT2D eigenvalue weighted by molar-refractivity contribution is 7.90. The molecule has 0 radical (unpaired) electrons. The summed E-state index contributed by atoms with van der Waals surface area (Å²) in [6, 6.07) is 7.78. The summed E-state index contributed by atoms with van der Waals surface area (Å²) in [5.41, 5.74) is 0.0450. The maximum absolute atomic E-state index is 12.1. The highest BCUT2D eigenvalue weighted by Gasteiger charge is 2.51. The molecular weight excluding hydrogens is 396 g/mol. The topological polar surface area (TPSA) is 127 Å². The molecule has 0 saturated heterocycles. The number of nitrogens with zero attached hydrogens (tertiary/aromatic N) is 1. The van der Waals surface area contributed by atoms with Crippen molar-refractivity contribution in [1.82, 2.24) is 4.72 Å². The molecule has 0 amide bonds. The standard InChI is InChI=1S/C20H26N2O6S/c1-14(2)29(27,28)21-13-15(3)20(12-19(23)24)10-9-17(11-18(20)22(25)26)16-7-5-4-6-8-16/h4-11,14-15,18,21H,12-13H2,1-3H3,(H,23,24). The molecule has 3 unspecified atom stereocenters. The van der Waals surface area contributed by atoms with Gasteiger partial charge in [-0.3, -0.25) is 14.9 Å². The van der Waals surface area contributed by atoms with E-state index >= 15 is 0 Å². The molecule has 0 spiro atoms. The van der Waals surface area contributed by atoms with Crippen LogP contribution in [0.4, 0.5) is 0 Å². The number of nitrogens with one attached hydrogen (secondary N) is 1. The molecule has 1 aromatic rings. The van der Waals surface area contributed by atoms with E-state index in [0.29, 0.717) is 5.57 Å². The molecule has 0 fully saturated rings. The minimum atomic E-state index is -3.59. The third kappa shape index (κ3) is 5.10. The van der Waals surface area contributed by atoms with E-state index in [-0.39, 0.29) is 6.54 Å². The van der Waals surface area contributed by atoms with Crippen LogP contribution < -0.4 is 4.72 Å². The van der Waals surface area contributed by atoms with Crippen LogP contribution >= 0.6 is 0 Å². The van der Waals surface area contributed by atoms with Crippen molar-refractivity contribution in [2.24, 2.45) is 11.3 Å². The normalized spacial score (nSPS) is 22.9. The van der Waals surface area contributed by atoms with Gasteiger partial charge in [0.1, 0.15) is 0 Å². The van der Waals surface area contributed by atoms with Crippen molar-refractivity contribution < 1.29 is 23.2 Å². The van der Waals surface area contributed by atoms with Crippen LogP contribution in [-0.2, 0) is 14.8 Å². The Morgan fingerprint density at radius 2 is 1.90 bits per heavy atom. The van der Waals surface area contributed by atoms with E-state index in [9.17, 15) is 28.4 Å². The van der Waals surface area contributed by atoms with Crippen LogP contribution in [-0.4, -0.2) is 42.3 Å². The molecule has 3 atom stereocenters. The number of carboxylic acids is 1. The van der Waals surface area contributed by atoms with Gasteiger partial charge in [-0.15, -0.1) is 0 Å². The Bertz CT molecular complexity index is 924. The number of aliphatic carboxylic acids is 1. The SMILES string of the molecule is CC(CNS(=O)(=O)C(C)C)C1(CC(=O)O)C=CC(c2ccccc2)=CC1[N+](=O)[O-]. The second-order valence-electron chi connectivity index (χ2n) is 7.58. The lowest BCUT2D eigenvalue weighted by atomic mass is 9.65. The van der Waals surface area contributed by atoms with Crippen molar-refractivity contribution in [3.8, 4) is 0 Å². The number of rotatable bonds is 9. The molecule has 8 nitrogen and oxygen atoms in total. The van der Waals surface area contributed by atoms with E-state index in [1.807, 2.05) is 30.3 Å². The van der Waals surface area contributed by atoms with Crippen LogP contribution in [0.25, 0.3) is 5.57 Å². The Balaban J connectivity index is 2.43. The molecule has 0 aromatic heterocycles. The first-order valence-electron chi connectivity index (χ1n) is 9.30. The van der Waals surface area contributed by atoms with Gasteiger partial charge in [0.2, 0.25) is 16.1 Å². The van der Waals surface area contributed by atoms with Gasteiger partial charge in [-0.2, -0.15) is 0 Å². The van der Waals surface area contributed by atoms with Crippen LogP contribution in [0.15, 0.2) is 48.6 Å². The van der Waals surface area contributed by atoms with Gasteiger partial charge >= 0.3 is 5.97 Å². The highest BCUT2D eigenvalue weighted by atomic mass is 32.2. The van der Waals surface area contributed by atoms with Gasteiger partial charge in [-0.25, -0.2) is 13.1 Å². The number of hydrogen-bond donors (Lipinski definition) is 2. The third-order valence-corrected chi connectivity index (χ3v) is 7.19. The zero-order chi connectivity index (χ0) is 21.8. The lowest BCUT2D eigenvalue weighted by Crippen LogP contribution is -2.49. The third-order valence-electron chi connectivity index (χ3n) is 5.38. The van der Waals surface area contributed by atoms with Crippen LogP contribution in [0.2, 0.25) is 0 Å². The first-order valence-corrected chi connectivity index (χ1v) is 10.8. The summed E-state index contributed by atoms with van der Waals surface area (Å²) in [6.07, 6.45) is 4.22. The van der Waals surface area contributed by atoms with Crippen LogP contribution in [0.3, 0.4) is 0 Å². The molecule has 0 aliphatic heterocycles. The van der Waals surface area contributed by atoms with Crippen molar-refractivity contribution >= 4 is 21.6 Å². The summed E-state index contributed by atoms with van der Waals surface area (Å²) in [5.74, 6) is -1.82. The first-order chi connectivity index (χ1) is 13.5. The zero-order valence-corrected chi connectivity index (χ0v) is 17.4. The van der Waals surface area contributed by atoms with Crippen molar-refractivity contribution in [3.05, 3.63) is 64.2 Å². The number of allylic oxidation sites excluding steroid dienone is 2. The molecule has 158 valence electrons. The molecule has 0 saturated carbocycles. The first kappa shape index (κ1) is 22.8. The molecule has 0 heterocycles. The maximum atomic E-state index is 12.1. The van der Waals surface area contributed by atoms with Crippen molar-refractivity contribution in [3.63, 3.8) is 0 Å². The molecule has 0 bridgehead atoms. The lowest BCUT2D eigenvalue weighted by Gasteiger charge is -2.38. The monoisotopic (exact) mass is 422 g/mol. The van der Waals surface area contributed by atoms with Gasteiger partial charge < -0.3 is 5.11 Å². The summed E-state index contributed by atoms with van der Waals surface area (Å²) >= 11 is 0. The van der Waals surface area contributed by atoms with Crippen LogP contribution in [0.5, 0.6) is 0 Å². The fraction of sp³-hybridized carbons (Fsp3) is 0.450. The van der Waals surface area contributed by atoms with Crippen LogP contribution in [0.1, 0.15) is 32.8 Å². The van der Waals surface area contributed by atoms with Gasteiger partial charge in [0.25, 0.3) is 0 Å². The van der Waals surface area contributed by atoms with Crippen molar-refractivity contribution in [2.45, 2.75) is 38.5 Å². The molecule has 2 rings (SSSR count). The zero-order valence-electron chi connectivity index (χ0n) is 16.6. The number of carboxylic acid groups (broad SMARTS) is 1. The molecule has 29 heavy (non-hydrogen) atoms. The Hall–Kier alpha value is -2.52. The van der Waals surface area contributed by atoms with Crippen LogP contribution in [0, 0.1) is 21.4 Å². The molecule has 2 N–H and O–H groups in total. The van der Waals surface area contributed by atoms with E-state index in [1.165, 1.54) is 19.9 Å². The van der Waals surface area contributed by atoms with E-state index in [0.717, 1.165) is 5.56 Å². The van der Waals surface area contributed by atoms with Gasteiger partial charge in [0.15, 0.2) is 0 Å². The summed E-state index contributed by atoms with van der Waals surface area (Å²) in [5, 5.41) is 20.7. The quantitative estimate of drug-likeness (QED) is 0.465.